The third-order valence-corrected chi connectivity index (χ3v) is 3.16. The first-order chi connectivity index (χ1) is 8.04. The first kappa shape index (κ1) is 12.8. The minimum absolute atomic E-state index is 0.0827. The van der Waals surface area contributed by atoms with Gasteiger partial charge in [0.15, 0.2) is 5.82 Å². The molecule has 17 heavy (non-hydrogen) atoms. The number of nitrogens with zero attached hydrogens (tertiary/aromatic N) is 1. The number of aromatic nitrogens is 1. The highest BCUT2D eigenvalue weighted by Gasteiger charge is 2.15. The fourth-order valence-electron chi connectivity index (χ4n) is 1.53. The van der Waals surface area contributed by atoms with Gasteiger partial charge >= 0.3 is 0 Å². The Kier molecular flexibility index (Phi) is 3.73. The molecule has 0 N–H and O–H groups in total. The fourth-order valence-corrected chi connectivity index (χ4v) is 2.44. The molecule has 0 spiro atoms. The molecule has 6 heteroatoms. The van der Waals surface area contributed by atoms with Crippen LogP contribution in [0.4, 0.5) is 4.39 Å². The van der Waals surface area contributed by atoms with Crippen molar-refractivity contribution in [2.75, 3.05) is 7.11 Å². The molecule has 1 aromatic carbocycles. The molecule has 1 heterocycles. The average Bonchev–Trinajstić information content (AvgIpc) is 2.25. The molecule has 0 aliphatic carbocycles. The Hall–Kier alpha value is -0.610. The highest BCUT2D eigenvalue weighted by Crippen LogP contribution is 2.35. The summed E-state index contributed by atoms with van der Waals surface area (Å²) in [6.07, 6.45) is 0. The Balaban J connectivity index is 2.77. The summed E-state index contributed by atoms with van der Waals surface area (Å²) in [7, 11) is 1.55. The Labute approximate surface area is 112 Å². The van der Waals surface area contributed by atoms with E-state index in [1.807, 2.05) is 0 Å². The van der Waals surface area contributed by atoms with E-state index < -0.39 is 5.82 Å². The highest BCUT2D eigenvalue weighted by atomic mass is 35.5. The Bertz CT molecular complexity index is 589. The predicted octanol–water partition coefficient (Wildman–Crippen LogP) is 4.48. The smallest absolute Gasteiger partial charge is 0.161 e. The van der Waals surface area contributed by atoms with Crippen LogP contribution in [-0.4, -0.2) is 12.1 Å². The van der Waals surface area contributed by atoms with Gasteiger partial charge in [-0.2, -0.15) is 0 Å². The zero-order valence-electron chi connectivity index (χ0n) is 8.73. The van der Waals surface area contributed by atoms with Gasteiger partial charge < -0.3 is 4.74 Å². The molecule has 0 amide bonds. The van der Waals surface area contributed by atoms with E-state index in [2.05, 4.69) is 4.98 Å². The SMILES string of the molecule is COCc1cc(Cl)c2c(Cl)c(F)c(Cl)cc2n1. The van der Waals surface area contributed by atoms with Crippen molar-refractivity contribution in [2.45, 2.75) is 6.61 Å². The van der Waals surface area contributed by atoms with Gasteiger partial charge in [0.05, 0.1) is 32.9 Å². The van der Waals surface area contributed by atoms with Gasteiger partial charge in [-0.25, -0.2) is 4.39 Å². The van der Waals surface area contributed by atoms with Gasteiger partial charge in [-0.15, -0.1) is 0 Å². The molecule has 2 nitrogen and oxygen atoms in total. The molecule has 0 radical (unpaired) electrons. The summed E-state index contributed by atoms with van der Waals surface area (Å²) >= 11 is 17.6. The van der Waals surface area contributed by atoms with Gasteiger partial charge in [-0.3, -0.25) is 4.98 Å². The molecule has 0 bridgehead atoms. The molecule has 0 atom stereocenters. The van der Waals surface area contributed by atoms with Crippen molar-refractivity contribution < 1.29 is 9.13 Å². The Morgan fingerprint density at radius 2 is 1.94 bits per heavy atom. The van der Waals surface area contributed by atoms with Crippen molar-refractivity contribution in [3.63, 3.8) is 0 Å². The number of pyridine rings is 1. The fraction of sp³-hybridized carbons (Fsp3) is 0.182. The predicted molar refractivity (Wildman–Crippen MR) is 67.4 cm³/mol. The lowest BCUT2D eigenvalue weighted by Crippen LogP contribution is -1.95. The normalized spacial score (nSPS) is 11.1. The lowest BCUT2D eigenvalue weighted by atomic mass is 10.2. The zero-order chi connectivity index (χ0) is 12.6. The number of rotatable bonds is 2. The summed E-state index contributed by atoms with van der Waals surface area (Å²) in [4.78, 5) is 4.24. The quantitative estimate of drug-likeness (QED) is 0.762. The maximum Gasteiger partial charge on any atom is 0.161 e. The van der Waals surface area contributed by atoms with Crippen molar-refractivity contribution in [3.05, 3.63) is 38.7 Å². The van der Waals surface area contributed by atoms with Gasteiger partial charge in [-0.05, 0) is 12.1 Å². The molecule has 0 aliphatic rings. The van der Waals surface area contributed by atoms with Crippen LogP contribution in [0.5, 0.6) is 0 Å². The van der Waals surface area contributed by atoms with E-state index in [-0.39, 0.29) is 10.0 Å². The lowest BCUT2D eigenvalue weighted by molar-refractivity contribution is 0.182. The largest absolute Gasteiger partial charge is 0.378 e. The second kappa shape index (κ2) is 4.94. The second-order valence-corrected chi connectivity index (χ2v) is 4.60. The summed E-state index contributed by atoms with van der Waals surface area (Å²) in [5, 5.41) is 0.479. The molecule has 0 saturated heterocycles. The van der Waals surface area contributed by atoms with Gasteiger partial charge in [0.2, 0.25) is 0 Å². The Morgan fingerprint density at radius 1 is 1.24 bits per heavy atom. The molecule has 1 aromatic heterocycles. The molecule has 0 saturated carbocycles. The van der Waals surface area contributed by atoms with Crippen LogP contribution in [0.15, 0.2) is 12.1 Å². The topological polar surface area (TPSA) is 22.1 Å². The number of hydrogen-bond donors (Lipinski definition) is 0. The summed E-state index contributed by atoms with van der Waals surface area (Å²) in [5.41, 5.74) is 1.07. The van der Waals surface area contributed by atoms with Crippen LogP contribution in [0.1, 0.15) is 5.69 Å². The van der Waals surface area contributed by atoms with Crippen molar-refractivity contribution in [2.24, 2.45) is 0 Å². The molecule has 0 unspecified atom stereocenters. The number of halogens is 4. The molecule has 2 aromatic rings. The van der Waals surface area contributed by atoms with Crippen LogP contribution in [0, 0.1) is 5.82 Å². The lowest BCUT2D eigenvalue weighted by Gasteiger charge is -2.08. The summed E-state index contributed by atoms with van der Waals surface area (Å²) in [5.74, 6) is -0.691. The van der Waals surface area contributed by atoms with Gasteiger partial charge in [0.1, 0.15) is 0 Å². The first-order valence-electron chi connectivity index (χ1n) is 4.66. The maximum atomic E-state index is 13.5. The van der Waals surface area contributed by atoms with Crippen molar-refractivity contribution in [1.29, 1.82) is 0 Å². The number of ether oxygens (including phenoxy) is 1. The van der Waals surface area contributed by atoms with Gasteiger partial charge in [0, 0.05) is 12.5 Å². The first-order valence-corrected chi connectivity index (χ1v) is 5.79. The number of hydrogen-bond acceptors (Lipinski definition) is 2. The highest BCUT2D eigenvalue weighted by molar-refractivity contribution is 6.43. The van der Waals surface area contributed by atoms with Crippen molar-refractivity contribution in [1.82, 2.24) is 4.98 Å². The second-order valence-electron chi connectivity index (χ2n) is 3.41. The molecule has 2 rings (SSSR count). The van der Waals surface area contributed by atoms with E-state index >= 15 is 0 Å². The van der Waals surface area contributed by atoms with E-state index in [1.165, 1.54) is 6.07 Å². The monoisotopic (exact) mass is 293 g/mol. The molecular formula is C11H7Cl3FNO. The van der Waals surface area contributed by atoms with Crippen LogP contribution < -0.4 is 0 Å². The minimum atomic E-state index is -0.691. The minimum Gasteiger partial charge on any atom is -0.378 e. The van der Waals surface area contributed by atoms with E-state index in [4.69, 9.17) is 39.5 Å². The van der Waals surface area contributed by atoms with E-state index in [1.54, 1.807) is 13.2 Å². The molecule has 0 fully saturated rings. The van der Waals surface area contributed by atoms with Crippen LogP contribution in [0.3, 0.4) is 0 Å². The van der Waals surface area contributed by atoms with Crippen LogP contribution in [0.25, 0.3) is 10.9 Å². The molecule has 0 aliphatic heterocycles. The van der Waals surface area contributed by atoms with E-state index in [0.717, 1.165) is 0 Å². The van der Waals surface area contributed by atoms with E-state index in [9.17, 15) is 4.39 Å². The van der Waals surface area contributed by atoms with Crippen LogP contribution in [0.2, 0.25) is 15.1 Å². The summed E-state index contributed by atoms with van der Waals surface area (Å²) in [6, 6.07) is 2.98. The standard InChI is InChI=1S/C11H7Cl3FNO/c1-17-4-5-2-6(12)9-8(16-5)3-7(13)11(15)10(9)14/h2-3H,4H2,1H3. The summed E-state index contributed by atoms with van der Waals surface area (Å²) < 4.78 is 18.5. The zero-order valence-corrected chi connectivity index (χ0v) is 11.0. The van der Waals surface area contributed by atoms with Crippen molar-refractivity contribution in [3.8, 4) is 0 Å². The van der Waals surface area contributed by atoms with Crippen LogP contribution >= 0.6 is 34.8 Å². The number of fused-ring (bicyclic) bond motifs is 1. The average molecular weight is 295 g/mol. The molecular weight excluding hydrogens is 287 g/mol. The van der Waals surface area contributed by atoms with Gasteiger partial charge in [-0.1, -0.05) is 34.8 Å². The number of methoxy groups -OCH3 is 1. The van der Waals surface area contributed by atoms with Crippen LogP contribution in [-0.2, 0) is 11.3 Å². The van der Waals surface area contributed by atoms with Crippen molar-refractivity contribution >= 4 is 45.7 Å². The summed E-state index contributed by atoms with van der Waals surface area (Å²) in [6.45, 7) is 0.308. The molecule has 90 valence electrons. The maximum absolute atomic E-state index is 13.5. The number of benzene rings is 1. The third-order valence-electron chi connectivity index (χ3n) is 2.23. The van der Waals surface area contributed by atoms with Gasteiger partial charge in [0.25, 0.3) is 0 Å². The Morgan fingerprint density at radius 3 is 2.59 bits per heavy atom. The van der Waals surface area contributed by atoms with E-state index in [0.29, 0.717) is 28.2 Å². The third kappa shape index (κ3) is 2.33.